The third-order valence-electron chi connectivity index (χ3n) is 5.89. The Balaban J connectivity index is 1.28. The van der Waals surface area contributed by atoms with Gasteiger partial charge in [-0.15, -0.1) is 0 Å². The van der Waals surface area contributed by atoms with E-state index in [2.05, 4.69) is 0 Å². The van der Waals surface area contributed by atoms with E-state index in [1.165, 1.54) is 0 Å². The van der Waals surface area contributed by atoms with Gasteiger partial charge in [-0.3, -0.25) is 14.4 Å². The van der Waals surface area contributed by atoms with E-state index < -0.39 is 0 Å². The molecule has 7 nitrogen and oxygen atoms in total. The lowest BCUT2D eigenvalue weighted by Gasteiger charge is -2.36. The highest BCUT2D eigenvalue weighted by Gasteiger charge is 2.38. The summed E-state index contributed by atoms with van der Waals surface area (Å²) >= 11 is 0. The van der Waals surface area contributed by atoms with Gasteiger partial charge in [0.2, 0.25) is 11.8 Å². The minimum Gasteiger partial charge on any atom is -0.368 e. The maximum atomic E-state index is 12.9. The van der Waals surface area contributed by atoms with E-state index in [9.17, 15) is 14.4 Å². The molecule has 0 aromatic heterocycles. The summed E-state index contributed by atoms with van der Waals surface area (Å²) in [6.07, 6.45) is 1.70. The number of amides is 3. The molecule has 150 valence electrons. The van der Waals surface area contributed by atoms with Gasteiger partial charge in [0.05, 0.1) is 5.92 Å². The average Bonchev–Trinajstić information content (AvgIpc) is 3.38. The van der Waals surface area contributed by atoms with Gasteiger partial charge in [-0.05, 0) is 18.4 Å². The van der Waals surface area contributed by atoms with Crippen molar-refractivity contribution < 1.29 is 19.1 Å². The Morgan fingerprint density at radius 3 is 2.32 bits per heavy atom. The van der Waals surface area contributed by atoms with Gasteiger partial charge in [-0.25, -0.2) is 0 Å². The van der Waals surface area contributed by atoms with E-state index in [4.69, 9.17) is 4.74 Å². The summed E-state index contributed by atoms with van der Waals surface area (Å²) in [5.74, 6) is -0.158. The molecule has 0 bridgehead atoms. The Labute approximate surface area is 165 Å². The molecule has 28 heavy (non-hydrogen) atoms. The van der Waals surface area contributed by atoms with E-state index in [1.807, 2.05) is 35.2 Å². The fraction of sp³-hybridized carbons (Fsp3) is 0.571. The highest BCUT2D eigenvalue weighted by atomic mass is 16.5. The van der Waals surface area contributed by atoms with Crippen LogP contribution in [0.4, 0.5) is 0 Å². The SMILES string of the molecule is O=C1CC(C(=O)N2CCN(C(=O)C3CCCO3)CC2)CN1Cc1ccccc1. The number of likely N-dealkylation sites (tertiary alicyclic amines) is 1. The second-order valence-corrected chi connectivity index (χ2v) is 7.81. The highest BCUT2D eigenvalue weighted by molar-refractivity contribution is 5.89. The predicted molar refractivity (Wildman–Crippen MR) is 102 cm³/mol. The molecule has 3 heterocycles. The molecule has 1 aromatic rings. The number of carbonyl (C=O) groups is 3. The molecule has 3 aliphatic heterocycles. The molecule has 0 spiro atoms. The molecule has 3 saturated heterocycles. The number of benzene rings is 1. The molecule has 2 unspecified atom stereocenters. The van der Waals surface area contributed by atoms with E-state index in [0.29, 0.717) is 45.9 Å². The highest BCUT2D eigenvalue weighted by Crippen LogP contribution is 2.23. The minimum atomic E-state index is -0.304. The lowest BCUT2D eigenvalue weighted by atomic mass is 10.1. The molecule has 2 atom stereocenters. The van der Waals surface area contributed by atoms with Crippen LogP contribution in [0.15, 0.2) is 30.3 Å². The monoisotopic (exact) mass is 385 g/mol. The molecule has 0 aliphatic carbocycles. The van der Waals surface area contributed by atoms with E-state index in [-0.39, 0.29) is 36.2 Å². The maximum Gasteiger partial charge on any atom is 0.251 e. The Morgan fingerprint density at radius 2 is 1.68 bits per heavy atom. The van der Waals surface area contributed by atoms with Gasteiger partial charge in [0.1, 0.15) is 6.10 Å². The van der Waals surface area contributed by atoms with Crippen LogP contribution in [0, 0.1) is 5.92 Å². The second-order valence-electron chi connectivity index (χ2n) is 7.81. The molecule has 3 aliphatic rings. The summed E-state index contributed by atoms with van der Waals surface area (Å²) in [6, 6.07) is 9.84. The predicted octanol–water partition coefficient (Wildman–Crippen LogP) is 0.885. The molecule has 0 radical (unpaired) electrons. The molecule has 7 heteroatoms. The fourth-order valence-corrected chi connectivity index (χ4v) is 4.28. The van der Waals surface area contributed by atoms with Crippen molar-refractivity contribution in [3.63, 3.8) is 0 Å². The van der Waals surface area contributed by atoms with Crippen molar-refractivity contribution in [1.82, 2.24) is 14.7 Å². The third-order valence-corrected chi connectivity index (χ3v) is 5.89. The first-order valence-electron chi connectivity index (χ1n) is 10.1. The largest absolute Gasteiger partial charge is 0.368 e. The van der Waals surface area contributed by atoms with Crippen LogP contribution in [0.1, 0.15) is 24.8 Å². The van der Waals surface area contributed by atoms with Crippen LogP contribution >= 0.6 is 0 Å². The van der Waals surface area contributed by atoms with E-state index in [0.717, 1.165) is 18.4 Å². The summed E-state index contributed by atoms with van der Waals surface area (Å²) in [6.45, 7) is 3.82. The molecule has 0 N–H and O–H groups in total. The van der Waals surface area contributed by atoms with Crippen LogP contribution < -0.4 is 0 Å². The second kappa shape index (κ2) is 8.31. The van der Waals surface area contributed by atoms with Gasteiger partial charge in [0, 0.05) is 52.3 Å². The van der Waals surface area contributed by atoms with Crippen molar-refractivity contribution in [1.29, 1.82) is 0 Å². The topological polar surface area (TPSA) is 70.2 Å². The van der Waals surface area contributed by atoms with Crippen LogP contribution in [-0.2, 0) is 25.7 Å². The standard InChI is InChI=1S/C21H27N3O4/c25-19-13-17(15-24(19)14-16-5-2-1-3-6-16)20(26)22-8-10-23(11-9-22)21(27)18-7-4-12-28-18/h1-3,5-6,17-18H,4,7-15H2. The van der Waals surface area contributed by atoms with E-state index in [1.54, 1.807) is 9.80 Å². The summed E-state index contributed by atoms with van der Waals surface area (Å²) in [5.41, 5.74) is 1.07. The lowest BCUT2D eigenvalue weighted by Crippen LogP contribution is -2.54. The van der Waals surface area contributed by atoms with Crippen molar-refractivity contribution in [2.45, 2.75) is 31.9 Å². The van der Waals surface area contributed by atoms with Gasteiger partial charge in [0.15, 0.2) is 0 Å². The Bertz CT molecular complexity index is 724. The van der Waals surface area contributed by atoms with Crippen molar-refractivity contribution in [2.24, 2.45) is 5.92 Å². The normalized spacial score (nSPS) is 25.4. The number of hydrogen-bond acceptors (Lipinski definition) is 4. The van der Waals surface area contributed by atoms with Crippen LogP contribution in [0.5, 0.6) is 0 Å². The Morgan fingerprint density at radius 1 is 1.00 bits per heavy atom. The van der Waals surface area contributed by atoms with Crippen LogP contribution in [0.2, 0.25) is 0 Å². The third kappa shape index (κ3) is 4.04. The number of ether oxygens (including phenoxy) is 1. The first kappa shape index (κ1) is 18.9. The average molecular weight is 385 g/mol. The zero-order valence-corrected chi connectivity index (χ0v) is 16.1. The summed E-state index contributed by atoms with van der Waals surface area (Å²) in [4.78, 5) is 43.1. The summed E-state index contributed by atoms with van der Waals surface area (Å²) < 4.78 is 5.48. The van der Waals surface area contributed by atoms with E-state index >= 15 is 0 Å². The number of rotatable bonds is 4. The number of hydrogen-bond donors (Lipinski definition) is 0. The van der Waals surface area contributed by atoms with Crippen LogP contribution in [0.3, 0.4) is 0 Å². The zero-order valence-electron chi connectivity index (χ0n) is 16.1. The van der Waals surface area contributed by atoms with Crippen molar-refractivity contribution in [3.05, 3.63) is 35.9 Å². The van der Waals surface area contributed by atoms with Gasteiger partial charge < -0.3 is 19.4 Å². The molecule has 4 rings (SSSR count). The molecule has 1 aromatic carbocycles. The number of piperazine rings is 1. The minimum absolute atomic E-state index is 0.0353. The van der Waals surface area contributed by atoms with Gasteiger partial charge >= 0.3 is 0 Å². The van der Waals surface area contributed by atoms with Crippen LogP contribution in [0.25, 0.3) is 0 Å². The lowest BCUT2D eigenvalue weighted by molar-refractivity contribution is -0.147. The zero-order chi connectivity index (χ0) is 19.5. The van der Waals surface area contributed by atoms with Crippen molar-refractivity contribution in [3.8, 4) is 0 Å². The smallest absolute Gasteiger partial charge is 0.251 e. The quantitative estimate of drug-likeness (QED) is 0.772. The first-order valence-corrected chi connectivity index (χ1v) is 10.1. The Hall–Kier alpha value is -2.41. The van der Waals surface area contributed by atoms with Gasteiger partial charge in [0.25, 0.3) is 5.91 Å². The molecular formula is C21H27N3O4. The first-order chi connectivity index (χ1) is 13.6. The molecule has 3 amide bonds. The number of nitrogens with zero attached hydrogens (tertiary/aromatic N) is 3. The van der Waals surface area contributed by atoms with Gasteiger partial charge in [-0.2, -0.15) is 0 Å². The Kier molecular flexibility index (Phi) is 5.62. The summed E-state index contributed by atoms with van der Waals surface area (Å²) in [7, 11) is 0. The molecular weight excluding hydrogens is 358 g/mol. The van der Waals surface area contributed by atoms with Crippen LogP contribution in [-0.4, -0.2) is 77.9 Å². The fourth-order valence-electron chi connectivity index (χ4n) is 4.28. The maximum absolute atomic E-state index is 12.9. The number of carbonyl (C=O) groups excluding carboxylic acids is 3. The molecule has 3 fully saturated rings. The summed E-state index contributed by atoms with van der Waals surface area (Å²) in [5, 5.41) is 0. The van der Waals surface area contributed by atoms with Crippen molar-refractivity contribution in [2.75, 3.05) is 39.3 Å². The van der Waals surface area contributed by atoms with Crippen molar-refractivity contribution >= 4 is 17.7 Å². The molecule has 0 saturated carbocycles. The van der Waals surface area contributed by atoms with Gasteiger partial charge in [-0.1, -0.05) is 30.3 Å².